The molecule has 0 aliphatic carbocycles. The highest BCUT2D eigenvalue weighted by atomic mass is 35.5. The number of nitrogens with one attached hydrogen (secondary N) is 1. The number of hydrogen-bond donors (Lipinski definition) is 1. The van der Waals surface area contributed by atoms with Crippen LogP contribution in [0.15, 0.2) is 85.2 Å². The van der Waals surface area contributed by atoms with E-state index >= 15 is 0 Å². The number of thiocarbonyl (C=S) groups is 1. The Hall–Kier alpha value is -2.57. The minimum Gasteiger partial charge on any atom is -0.351 e. The fourth-order valence-corrected chi connectivity index (χ4v) is 5.04. The average molecular weight is 500 g/mol. The number of benzene rings is 2. The van der Waals surface area contributed by atoms with Gasteiger partial charge in [0.1, 0.15) is 6.04 Å². The lowest BCUT2D eigenvalue weighted by molar-refractivity contribution is 0.549. The van der Waals surface area contributed by atoms with E-state index in [4.69, 9.17) is 47.0 Å². The zero-order valence-corrected chi connectivity index (χ0v) is 19.7. The van der Waals surface area contributed by atoms with Crippen molar-refractivity contribution in [3.63, 3.8) is 0 Å². The summed E-state index contributed by atoms with van der Waals surface area (Å²) in [7, 11) is 0. The number of pyridine rings is 1. The zero-order valence-electron chi connectivity index (χ0n) is 16.6. The van der Waals surface area contributed by atoms with E-state index in [1.165, 1.54) is 0 Å². The van der Waals surface area contributed by atoms with Gasteiger partial charge in [-0.1, -0.05) is 40.9 Å². The number of anilines is 1. The van der Waals surface area contributed by atoms with Crippen molar-refractivity contribution in [3.05, 3.63) is 112 Å². The number of nitrogens with zero attached hydrogens (tertiary/aromatic N) is 3. The molecule has 0 saturated carbocycles. The summed E-state index contributed by atoms with van der Waals surface area (Å²) >= 11 is 24.6. The monoisotopic (exact) mass is 498 g/mol. The molecule has 1 aliphatic rings. The lowest BCUT2D eigenvalue weighted by atomic mass is 10.0. The van der Waals surface area contributed by atoms with Gasteiger partial charge in [0.25, 0.3) is 0 Å². The molecule has 4 aromatic rings. The minimum absolute atomic E-state index is 0.167. The minimum atomic E-state index is -0.180. The number of hydrogen-bond acceptors (Lipinski definition) is 2. The SMILES string of the molecule is S=C1NC(c2ccccn2)C(c2cccn2-c2ccc(Cl)cc2Cl)N1c1ccc(Cl)cc1. The van der Waals surface area contributed by atoms with Gasteiger partial charge < -0.3 is 14.8 Å². The molecule has 0 radical (unpaired) electrons. The van der Waals surface area contributed by atoms with Crippen LogP contribution in [0.2, 0.25) is 15.1 Å². The van der Waals surface area contributed by atoms with Crippen LogP contribution in [0.3, 0.4) is 0 Å². The second-order valence-corrected chi connectivity index (χ2v) is 9.04. The standard InChI is InChI=1S/C24H17Cl3N4S/c25-15-6-9-17(10-7-15)31-23(22(29-24(31)32)19-4-1-2-12-28-19)21-5-3-13-30(21)20-11-8-16(26)14-18(20)27/h1-14,22-23H,(H,29,32). The molecule has 1 saturated heterocycles. The Balaban J connectivity index is 1.68. The molecular formula is C24H17Cl3N4S. The quantitative estimate of drug-likeness (QED) is 0.306. The second-order valence-electron chi connectivity index (χ2n) is 7.37. The Kier molecular flexibility index (Phi) is 5.82. The molecular weight excluding hydrogens is 483 g/mol. The van der Waals surface area contributed by atoms with Crippen LogP contribution in [0.1, 0.15) is 23.5 Å². The van der Waals surface area contributed by atoms with E-state index in [2.05, 4.69) is 25.8 Å². The van der Waals surface area contributed by atoms with E-state index in [1.54, 1.807) is 12.3 Å². The van der Waals surface area contributed by atoms with Crippen molar-refractivity contribution in [2.45, 2.75) is 12.1 Å². The molecule has 32 heavy (non-hydrogen) atoms. The van der Waals surface area contributed by atoms with Gasteiger partial charge in [-0.05, 0) is 78.9 Å². The fourth-order valence-electron chi connectivity index (χ4n) is 4.07. The third kappa shape index (κ3) is 3.86. The van der Waals surface area contributed by atoms with Crippen LogP contribution in [0.25, 0.3) is 5.69 Å². The first kappa shape index (κ1) is 21.3. The Morgan fingerprint density at radius 2 is 1.66 bits per heavy atom. The van der Waals surface area contributed by atoms with Crippen LogP contribution >= 0.6 is 47.0 Å². The molecule has 3 heterocycles. The largest absolute Gasteiger partial charge is 0.351 e. The Labute approximate surface area is 206 Å². The summed E-state index contributed by atoms with van der Waals surface area (Å²) < 4.78 is 2.07. The van der Waals surface area contributed by atoms with Crippen LogP contribution in [0.4, 0.5) is 5.69 Å². The highest BCUT2D eigenvalue weighted by Crippen LogP contribution is 2.43. The van der Waals surface area contributed by atoms with Gasteiger partial charge >= 0.3 is 0 Å². The lowest BCUT2D eigenvalue weighted by Crippen LogP contribution is -2.30. The van der Waals surface area contributed by atoms with Crippen molar-refractivity contribution in [1.82, 2.24) is 14.9 Å². The van der Waals surface area contributed by atoms with E-state index < -0.39 is 0 Å². The third-order valence-corrected chi connectivity index (χ3v) is 6.56. The van der Waals surface area contributed by atoms with Gasteiger partial charge in [0.15, 0.2) is 5.11 Å². The third-order valence-electron chi connectivity index (χ3n) is 5.46. The molecule has 1 N–H and O–H groups in total. The highest BCUT2D eigenvalue weighted by Gasteiger charge is 2.42. The molecule has 160 valence electrons. The van der Waals surface area contributed by atoms with Crippen molar-refractivity contribution in [3.8, 4) is 5.69 Å². The van der Waals surface area contributed by atoms with Crippen molar-refractivity contribution in [2.75, 3.05) is 4.90 Å². The molecule has 2 unspecified atom stereocenters. The van der Waals surface area contributed by atoms with E-state index in [-0.39, 0.29) is 12.1 Å². The van der Waals surface area contributed by atoms with Gasteiger partial charge in [-0.2, -0.15) is 0 Å². The molecule has 0 amide bonds. The summed E-state index contributed by atoms with van der Waals surface area (Å²) in [4.78, 5) is 6.70. The van der Waals surface area contributed by atoms with Crippen LogP contribution in [0, 0.1) is 0 Å². The lowest BCUT2D eigenvalue weighted by Gasteiger charge is -2.29. The topological polar surface area (TPSA) is 33.1 Å². The van der Waals surface area contributed by atoms with Crippen molar-refractivity contribution in [2.24, 2.45) is 0 Å². The number of halogens is 3. The molecule has 0 bridgehead atoms. The summed E-state index contributed by atoms with van der Waals surface area (Å²) in [5.74, 6) is 0. The molecule has 2 aromatic heterocycles. The maximum Gasteiger partial charge on any atom is 0.174 e. The smallest absolute Gasteiger partial charge is 0.174 e. The highest BCUT2D eigenvalue weighted by molar-refractivity contribution is 7.80. The molecule has 4 nitrogen and oxygen atoms in total. The Morgan fingerprint density at radius 1 is 0.875 bits per heavy atom. The molecule has 1 aliphatic heterocycles. The van der Waals surface area contributed by atoms with E-state index in [9.17, 15) is 0 Å². The number of aromatic nitrogens is 2. The van der Waals surface area contributed by atoms with Gasteiger partial charge in [0, 0.05) is 33.8 Å². The van der Waals surface area contributed by atoms with E-state index in [0.717, 1.165) is 22.8 Å². The van der Waals surface area contributed by atoms with E-state index in [0.29, 0.717) is 20.2 Å². The number of rotatable bonds is 4. The van der Waals surface area contributed by atoms with Gasteiger partial charge in [0.05, 0.1) is 22.4 Å². The molecule has 5 rings (SSSR count). The maximum atomic E-state index is 6.57. The predicted molar refractivity (Wildman–Crippen MR) is 135 cm³/mol. The molecule has 2 atom stereocenters. The van der Waals surface area contributed by atoms with Crippen LogP contribution < -0.4 is 10.2 Å². The zero-order chi connectivity index (χ0) is 22.2. The molecule has 1 fully saturated rings. The summed E-state index contributed by atoms with van der Waals surface area (Å²) in [6.07, 6.45) is 3.78. The first-order valence-electron chi connectivity index (χ1n) is 9.92. The van der Waals surface area contributed by atoms with Crippen LogP contribution in [-0.2, 0) is 0 Å². The Morgan fingerprint density at radius 3 is 2.38 bits per heavy atom. The first-order chi connectivity index (χ1) is 15.5. The summed E-state index contributed by atoms with van der Waals surface area (Å²) in [5, 5.41) is 5.90. The van der Waals surface area contributed by atoms with Crippen LogP contribution in [0.5, 0.6) is 0 Å². The van der Waals surface area contributed by atoms with Gasteiger partial charge in [-0.3, -0.25) is 4.98 Å². The Bertz CT molecular complexity index is 1270. The second kappa shape index (κ2) is 8.75. The van der Waals surface area contributed by atoms with Gasteiger partial charge in [-0.15, -0.1) is 0 Å². The first-order valence-corrected chi connectivity index (χ1v) is 11.5. The summed E-state index contributed by atoms with van der Waals surface area (Å²) in [6.45, 7) is 0. The van der Waals surface area contributed by atoms with Gasteiger partial charge in [-0.25, -0.2) is 0 Å². The summed E-state index contributed by atoms with van der Waals surface area (Å²) in [6, 6.07) is 22.7. The summed E-state index contributed by atoms with van der Waals surface area (Å²) in [5.41, 5.74) is 3.67. The normalized spacial score (nSPS) is 18.1. The van der Waals surface area contributed by atoms with E-state index in [1.807, 2.05) is 66.9 Å². The molecule has 2 aromatic carbocycles. The fraction of sp³-hybridized carbons (Fsp3) is 0.0833. The van der Waals surface area contributed by atoms with Crippen LogP contribution in [-0.4, -0.2) is 14.7 Å². The van der Waals surface area contributed by atoms with Crippen molar-refractivity contribution >= 4 is 57.8 Å². The van der Waals surface area contributed by atoms with Crippen molar-refractivity contribution in [1.29, 1.82) is 0 Å². The maximum absolute atomic E-state index is 6.57. The molecule has 0 spiro atoms. The van der Waals surface area contributed by atoms with Crippen molar-refractivity contribution < 1.29 is 0 Å². The predicted octanol–water partition coefficient (Wildman–Crippen LogP) is 7.01. The average Bonchev–Trinajstić information content (AvgIpc) is 3.39. The molecule has 8 heteroatoms. The van der Waals surface area contributed by atoms with Gasteiger partial charge in [0.2, 0.25) is 0 Å².